The number of fused-ring (bicyclic) bond motifs is 1. The number of aliphatic imine (C=N–C) groups is 1. The third kappa shape index (κ3) is 3.38. The number of H-pyrrole nitrogens is 1. The van der Waals surface area contributed by atoms with E-state index < -0.39 is 0 Å². The maximum absolute atomic E-state index is 14.0. The summed E-state index contributed by atoms with van der Waals surface area (Å²) >= 11 is 0. The van der Waals surface area contributed by atoms with Crippen LogP contribution in [0.1, 0.15) is 5.56 Å². The third-order valence-corrected chi connectivity index (χ3v) is 3.64. The van der Waals surface area contributed by atoms with Crippen LogP contribution in [-0.4, -0.2) is 36.6 Å². The van der Waals surface area contributed by atoms with E-state index in [1.54, 1.807) is 19.2 Å². The van der Waals surface area contributed by atoms with Crippen molar-refractivity contribution in [2.24, 2.45) is 4.99 Å². The van der Waals surface area contributed by atoms with Gasteiger partial charge < -0.3 is 20.1 Å². The van der Waals surface area contributed by atoms with Crippen molar-refractivity contribution in [3.63, 3.8) is 0 Å². The van der Waals surface area contributed by atoms with Crippen LogP contribution in [0.3, 0.4) is 0 Å². The molecule has 5 nitrogen and oxygen atoms in total. The van der Waals surface area contributed by atoms with Crippen LogP contribution in [0.2, 0.25) is 0 Å². The molecule has 0 bridgehead atoms. The molecule has 3 N–H and O–H groups in total. The smallest absolute Gasteiger partial charge is 0.198 e. The fraction of sp³-hybridized carbons (Fsp3) is 0.167. The van der Waals surface area contributed by atoms with E-state index in [0.29, 0.717) is 30.1 Å². The van der Waals surface area contributed by atoms with Crippen molar-refractivity contribution in [3.05, 3.63) is 53.8 Å². The molecule has 0 spiro atoms. The molecule has 0 atom stereocenters. The molecule has 3 rings (SSSR count). The van der Waals surface area contributed by atoms with E-state index in [9.17, 15) is 9.50 Å². The first-order valence-electron chi connectivity index (χ1n) is 7.55. The second kappa shape index (κ2) is 7.14. The summed E-state index contributed by atoms with van der Waals surface area (Å²) in [5.41, 5.74) is 2.27. The van der Waals surface area contributed by atoms with Crippen LogP contribution in [0.25, 0.3) is 10.9 Å². The quantitative estimate of drug-likeness (QED) is 0.476. The Bertz CT molecular complexity index is 874. The van der Waals surface area contributed by atoms with Gasteiger partial charge in [-0.25, -0.2) is 4.39 Å². The van der Waals surface area contributed by atoms with Gasteiger partial charge in [-0.1, -0.05) is 18.2 Å². The number of hydrogen-bond acceptors (Lipinski definition) is 4. The molecule has 1 aromatic heterocycles. The van der Waals surface area contributed by atoms with Crippen molar-refractivity contribution >= 4 is 28.5 Å². The number of nitrogens with zero attached hydrogens (tertiary/aromatic N) is 1. The second-order valence-corrected chi connectivity index (χ2v) is 5.27. The molecule has 6 heteroatoms. The molecule has 0 aliphatic heterocycles. The monoisotopic (exact) mass is 327 g/mol. The lowest BCUT2D eigenvalue weighted by atomic mass is 10.2. The summed E-state index contributed by atoms with van der Waals surface area (Å²) in [6.07, 6.45) is 1.53. The Balaban J connectivity index is 1.81. The maximum atomic E-state index is 14.0. The maximum Gasteiger partial charge on any atom is 0.198 e. The summed E-state index contributed by atoms with van der Waals surface area (Å²) in [5, 5.41) is 13.8. The van der Waals surface area contributed by atoms with Gasteiger partial charge in [-0.3, -0.25) is 4.99 Å². The number of hydrogen-bond donors (Lipinski definition) is 3. The van der Waals surface area contributed by atoms with Crippen LogP contribution in [0.4, 0.5) is 15.8 Å². The zero-order valence-corrected chi connectivity index (χ0v) is 13.2. The van der Waals surface area contributed by atoms with Gasteiger partial charge in [-0.05, 0) is 18.2 Å². The van der Waals surface area contributed by atoms with E-state index in [0.717, 1.165) is 10.9 Å². The van der Waals surface area contributed by atoms with Gasteiger partial charge in [-0.15, -0.1) is 0 Å². The van der Waals surface area contributed by atoms with Crippen LogP contribution < -0.4 is 5.32 Å². The van der Waals surface area contributed by atoms with E-state index >= 15 is 0 Å². The first-order valence-corrected chi connectivity index (χ1v) is 7.55. The minimum Gasteiger partial charge on any atom is -0.494 e. The first kappa shape index (κ1) is 16.0. The first-order chi connectivity index (χ1) is 11.7. The van der Waals surface area contributed by atoms with Gasteiger partial charge in [0, 0.05) is 36.8 Å². The number of para-hydroxylation sites is 1. The van der Waals surface area contributed by atoms with Crippen molar-refractivity contribution in [1.29, 1.82) is 0 Å². The van der Waals surface area contributed by atoms with Gasteiger partial charge >= 0.3 is 0 Å². The van der Waals surface area contributed by atoms with Gasteiger partial charge in [0.05, 0.1) is 23.5 Å². The van der Waals surface area contributed by atoms with E-state index in [2.05, 4.69) is 15.3 Å². The molecule has 0 saturated heterocycles. The Labute approximate surface area is 138 Å². The fourth-order valence-corrected chi connectivity index (χ4v) is 2.43. The zero-order valence-electron chi connectivity index (χ0n) is 13.2. The molecule has 0 aliphatic rings. The zero-order chi connectivity index (χ0) is 16.9. The number of methoxy groups -OCH3 is 1. The summed E-state index contributed by atoms with van der Waals surface area (Å²) in [4.78, 5) is 7.14. The largest absolute Gasteiger partial charge is 0.494 e. The highest BCUT2D eigenvalue weighted by atomic mass is 19.1. The molecule has 2 aromatic carbocycles. The van der Waals surface area contributed by atoms with Crippen molar-refractivity contribution in [2.75, 3.05) is 25.6 Å². The van der Waals surface area contributed by atoms with Crippen molar-refractivity contribution in [2.45, 2.75) is 0 Å². The molecule has 124 valence electrons. The van der Waals surface area contributed by atoms with Crippen LogP contribution in [-0.2, 0) is 4.74 Å². The predicted octanol–water partition coefficient (Wildman–Crippen LogP) is 3.82. The second-order valence-electron chi connectivity index (χ2n) is 5.27. The number of aromatic hydroxyl groups is 1. The molecule has 0 saturated carbocycles. The normalized spacial score (nSPS) is 11.4. The molecule has 0 aliphatic carbocycles. The Morgan fingerprint density at radius 3 is 2.92 bits per heavy atom. The number of nitrogens with one attached hydrogen (secondary N) is 2. The summed E-state index contributed by atoms with van der Waals surface area (Å²) < 4.78 is 19.0. The predicted molar refractivity (Wildman–Crippen MR) is 94.0 cm³/mol. The standard InChI is InChI=1S/C18H18FN3O2/c1-24-9-8-20-17-7-6-12(10-15(17)19)21-11-14-13-4-2-3-5-16(13)22-18(14)23/h2-7,10-11,20,22-23H,8-9H2,1H3. The third-order valence-electron chi connectivity index (χ3n) is 3.64. The molecule has 3 aromatic rings. The number of benzene rings is 2. The van der Waals surface area contributed by atoms with Gasteiger partial charge in [-0.2, -0.15) is 0 Å². The van der Waals surface area contributed by atoms with Gasteiger partial charge in [0.1, 0.15) is 5.82 Å². The molecule has 24 heavy (non-hydrogen) atoms. The lowest BCUT2D eigenvalue weighted by Gasteiger charge is -2.07. The van der Waals surface area contributed by atoms with Crippen molar-refractivity contribution in [1.82, 2.24) is 4.98 Å². The SMILES string of the molecule is COCCNc1ccc(N=Cc2c(O)[nH]c3ccccc23)cc1F. The molecule has 1 heterocycles. The number of ether oxygens (including phenoxy) is 1. The number of aromatic nitrogens is 1. The topological polar surface area (TPSA) is 69.6 Å². The van der Waals surface area contributed by atoms with E-state index in [1.165, 1.54) is 12.3 Å². The lowest BCUT2D eigenvalue weighted by molar-refractivity contribution is 0.210. The molecular weight excluding hydrogens is 309 g/mol. The van der Waals surface area contributed by atoms with E-state index in [4.69, 9.17) is 4.74 Å². The fourth-order valence-electron chi connectivity index (χ4n) is 2.43. The Morgan fingerprint density at radius 2 is 2.12 bits per heavy atom. The van der Waals surface area contributed by atoms with Crippen LogP contribution in [0.5, 0.6) is 5.88 Å². The minimum atomic E-state index is -0.385. The van der Waals surface area contributed by atoms with Crippen molar-refractivity contribution in [3.8, 4) is 5.88 Å². The van der Waals surface area contributed by atoms with Gasteiger partial charge in [0.2, 0.25) is 0 Å². The highest BCUT2D eigenvalue weighted by Crippen LogP contribution is 2.26. The summed E-state index contributed by atoms with van der Waals surface area (Å²) in [6, 6.07) is 12.2. The summed E-state index contributed by atoms with van der Waals surface area (Å²) in [5.74, 6) is -0.345. The Morgan fingerprint density at radius 1 is 1.29 bits per heavy atom. The van der Waals surface area contributed by atoms with Crippen molar-refractivity contribution < 1.29 is 14.2 Å². The van der Waals surface area contributed by atoms with E-state index in [1.807, 2.05) is 24.3 Å². The van der Waals surface area contributed by atoms with Gasteiger partial charge in [0.25, 0.3) is 0 Å². The number of anilines is 1. The highest BCUT2D eigenvalue weighted by molar-refractivity contribution is 6.02. The Hall–Kier alpha value is -2.86. The average molecular weight is 327 g/mol. The van der Waals surface area contributed by atoms with Crippen LogP contribution in [0.15, 0.2) is 47.5 Å². The van der Waals surface area contributed by atoms with Gasteiger partial charge in [0.15, 0.2) is 5.88 Å². The molecule has 0 amide bonds. The highest BCUT2D eigenvalue weighted by Gasteiger charge is 2.08. The Kier molecular flexibility index (Phi) is 4.77. The van der Waals surface area contributed by atoms with Crippen LogP contribution in [0, 0.1) is 5.82 Å². The van der Waals surface area contributed by atoms with E-state index in [-0.39, 0.29) is 11.7 Å². The minimum absolute atomic E-state index is 0.0401. The van der Waals surface area contributed by atoms with Crippen LogP contribution >= 0.6 is 0 Å². The number of aromatic amines is 1. The summed E-state index contributed by atoms with van der Waals surface area (Å²) in [7, 11) is 1.59. The molecule has 0 unspecified atom stereocenters. The molecular formula is C18H18FN3O2. The lowest BCUT2D eigenvalue weighted by Crippen LogP contribution is -2.08. The summed E-state index contributed by atoms with van der Waals surface area (Å²) in [6.45, 7) is 1.03. The number of rotatable bonds is 6. The average Bonchev–Trinajstić information content (AvgIpc) is 2.90. The molecule has 0 fully saturated rings. The number of halogens is 1. The molecule has 0 radical (unpaired) electrons.